The number of nitrogens with one attached hydrogen (secondary N) is 1. The van der Waals surface area contributed by atoms with E-state index in [0.717, 1.165) is 12.8 Å². The van der Waals surface area contributed by atoms with E-state index >= 15 is 0 Å². The first-order chi connectivity index (χ1) is 14.0. The predicted molar refractivity (Wildman–Crippen MR) is 110 cm³/mol. The lowest BCUT2D eigenvalue weighted by molar-refractivity contribution is -0.134. The number of carbonyl (C=O) groups excluding carboxylic acids is 2. The maximum atomic E-state index is 12.7. The normalized spacial score (nSPS) is 19.3. The van der Waals surface area contributed by atoms with Gasteiger partial charge in [0, 0.05) is 24.5 Å². The van der Waals surface area contributed by atoms with Crippen LogP contribution in [0.5, 0.6) is 5.75 Å². The molecule has 0 aromatic heterocycles. The largest absolute Gasteiger partial charge is 0.495 e. The van der Waals surface area contributed by atoms with Gasteiger partial charge in [0.05, 0.1) is 12.8 Å². The van der Waals surface area contributed by atoms with Gasteiger partial charge >= 0.3 is 0 Å². The zero-order valence-corrected chi connectivity index (χ0v) is 17.6. The number of halogens is 1. The van der Waals surface area contributed by atoms with Gasteiger partial charge in [-0.15, -0.1) is 0 Å². The number of nitrogens with zero attached hydrogens (tertiary/aromatic N) is 1. The van der Waals surface area contributed by atoms with Crippen molar-refractivity contribution < 1.29 is 23.8 Å². The third-order valence-corrected chi connectivity index (χ3v) is 5.42. The van der Waals surface area contributed by atoms with E-state index in [9.17, 15) is 9.59 Å². The Morgan fingerprint density at radius 3 is 2.86 bits per heavy atom. The Kier molecular flexibility index (Phi) is 7.25. The van der Waals surface area contributed by atoms with Crippen LogP contribution in [0.4, 0.5) is 5.69 Å². The van der Waals surface area contributed by atoms with Gasteiger partial charge in [-0.2, -0.15) is 0 Å². The molecule has 2 aliphatic rings. The maximum absolute atomic E-state index is 12.7. The number of hydrogen-bond acceptors (Lipinski definition) is 5. The van der Waals surface area contributed by atoms with Crippen LogP contribution in [0.2, 0.25) is 5.02 Å². The molecular weight excluding hydrogens is 396 g/mol. The van der Waals surface area contributed by atoms with E-state index in [1.807, 2.05) is 0 Å². The highest BCUT2D eigenvalue weighted by Crippen LogP contribution is 2.29. The van der Waals surface area contributed by atoms with Crippen molar-refractivity contribution >= 4 is 29.1 Å². The molecule has 0 aliphatic carbocycles. The third-order valence-electron chi connectivity index (χ3n) is 5.18. The van der Waals surface area contributed by atoms with Crippen LogP contribution in [-0.2, 0) is 19.1 Å². The van der Waals surface area contributed by atoms with Gasteiger partial charge in [0.2, 0.25) is 11.7 Å². The molecule has 0 unspecified atom stereocenters. The summed E-state index contributed by atoms with van der Waals surface area (Å²) in [6.07, 6.45) is 2.97. The van der Waals surface area contributed by atoms with Crippen LogP contribution in [0.15, 0.2) is 29.7 Å². The zero-order valence-electron chi connectivity index (χ0n) is 16.8. The number of rotatable bonds is 6. The second kappa shape index (κ2) is 9.87. The van der Waals surface area contributed by atoms with E-state index in [1.54, 1.807) is 37.1 Å². The SMILES string of the molecule is COc1ccc(Cl)cc1NC(=O)CC[C@H]1CCCN(C(=O)C2=C(C)OCCO2)C1. The van der Waals surface area contributed by atoms with Crippen molar-refractivity contribution in [2.24, 2.45) is 5.92 Å². The van der Waals surface area contributed by atoms with Crippen molar-refractivity contribution in [3.63, 3.8) is 0 Å². The Hall–Kier alpha value is -2.41. The molecule has 1 atom stereocenters. The molecule has 3 rings (SSSR count). The van der Waals surface area contributed by atoms with Crippen LogP contribution in [-0.4, -0.2) is 50.1 Å². The van der Waals surface area contributed by atoms with Crippen molar-refractivity contribution in [2.75, 3.05) is 38.7 Å². The number of benzene rings is 1. The lowest BCUT2D eigenvalue weighted by Gasteiger charge is -2.34. The summed E-state index contributed by atoms with van der Waals surface area (Å²) in [6.45, 7) is 3.93. The van der Waals surface area contributed by atoms with Crippen LogP contribution in [0.1, 0.15) is 32.6 Å². The average molecular weight is 423 g/mol. The topological polar surface area (TPSA) is 77.1 Å². The van der Waals surface area contributed by atoms with Gasteiger partial charge in [-0.1, -0.05) is 11.6 Å². The van der Waals surface area contributed by atoms with E-state index in [-0.39, 0.29) is 17.7 Å². The lowest BCUT2D eigenvalue weighted by Crippen LogP contribution is -2.42. The molecule has 0 spiro atoms. The summed E-state index contributed by atoms with van der Waals surface area (Å²) in [7, 11) is 1.55. The molecule has 1 N–H and O–H groups in total. The number of piperidine rings is 1. The number of likely N-dealkylation sites (tertiary alicyclic amines) is 1. The molecule has 0 radical (unpaired) electrons. The highest BCUT2D eigenvalue weighted by molar-refractivity contribution is 6.31. The summed E-state index contributed by atoms with van der Waals surface area (Å²) >= 11 is 6.01. The van der Waals surface area contributed by atoms with Gasteiger partial charge in [-0.3, -0.25) is 9.59 Å². The Bertz CT molecular complexity index is 795. The molecule has 2 heterocycles. The summed E-state index contributed by atoms with van der Waals surface area (Å²) in [4.78, 5) is 27.0. The quantitative estimate of drug-likeness (QED) is 0.758. The third kappa shape index (κ3) is 5.56. The van der Waals surface area contributed by atoms with E-state index < -0.39 is 0 Å². The van der Waals surface area contributed by atoms with E-state index in [4.69, 9.17) is 25.8 Å². The van der Waals surface area contributed by atoms with Gasteiger partial charge in [0.25, 0.3) is 5.91 Å². The minimum absolute atomic E-state index is 0.100. The maximum Gasteiger partial charge on any atom is 0.292 e. The number of methoxy groups -OCH3 is 1. The lowest BCUT2D eigenvalue weighted by atomic mass is 9.93. The standard InChI is InChI=1S/C21H27ClN2O5/c1-14-20(29-11-10-28-14)21(26)24-9-3-4-15(13-24)5-8-19(25)23-17-12-16(22)6-7-18(17)27-2/h6-7,12,15H,3-5,8-11,13H2,1-2H3,(H,23,25)/t15-/m1/s1. The first-order valence-corrected chi connectivity index (χ1v) is 10.2. The molecule has 29 heavy (non-hydrogen) atoms. The monoisotopic (exact) mass is 422 g/mol. The second-order valence-electron chi connectivity index (χ2n) is 7.27. The molecule has 2 amide bonds. The molecule has 7 nitrogen and oxygen atoms in total. The Balaban J connectivity index is 1.52. The molecular formula is C21H27ClN2O5. The minimum atomic E-state index is -0.125. The van der Waals surface area contributed by atoms with Crippen LogP contribution in [0, 0.1) is 5.92 Å². The molecule has 1 aromatic rings. The fourth-order valence-corrected chi connectivity index (χ4v) is 3.84. The molecule has 158 valence electrons. The summed E-state index contributed by atoms with van der Waals surface area (Å²) in [5.74, 6) is 1.46. The van der Waals surface area contributed by atoms with Crippen LogP contribution >= 0.6 is 11.6 Å². The first kappa shape index (κ1) is 21.3. The van der Waals surface area contributed by atoms with Gasteiger partial charge in [-0.25, -0.2) is 0 Å². The van der Waals surface area contributed by atoms with Crippen LogP contribution in [0.25, 0.3) is 0 Å². The van der Waals surface area contributed by atoms with E-state index in [2.05, 4.69) is 5.32 Å². The Morgan fingerprint density at radius 1 is 1.31 bits per heavy atom. The first-order valence-electron chi connectivity index (χ1n) is 9.87. The molecule has 2 aliphatic heterocycles. The van der Waals surface area contributed by atoms with Gasteiger partial charge in [-0.05, 0) is 50.3 Å². The molecule has 8 heteroatoms. The van der Waals surface area contributed by atoms with E-state index in [0.29, 0.717) is 67.1 Å². The fraction of sp³-hybridized carbons (Fsp3) is 0.524. The minimum Gasteiger partial charge on any atom is -0.495 e. The highest BCUT2D eigenvalue weighted by Gasteiger charge is 2.29. The van der Waals surface area contributed by atoms with Crippen molar-refractivity contribution in [2.45, 2.75) is 32.6 Å². The van der Waals surface area contributed by atoms with Crippen LogP contribution < -0.4 is 10.1 Å². The second-order valence-corrected chi connectivity index (χ2v) is 7.71. The summed E-state index contributed by atoms with van der Waals surface area (Å²) < 4.78 is 16.2. The summed E-state index contributed by atoms with van der Waals surface area (Å²) in [6, 6.07) is 5.10. The van der Waals surface area contributed by atoms with Crippen LogP contribution in [0.3, 0.4) is 0 Å². The fourth-order valence-electron chi connectivity index (χ4n) is 3.67. The molecule has 0 saturated carbocycles. The highest BCUT2D eigenvalue weighted by atomic mass is 35.5. The van der Waals surface area contributed by atoms with Crippen molar-refractivity contribution in [3.8, 4) is 5.75 Å². The van der Waals surface area contributed by atoms with Crippen molar-refractivity contribution in [3.05, 3.63) is 34.7 Å². The molecule has 1 fully saturated rings. The molecule has 1 saturated heterocycles. The number of carbonyl (C=O) groups is 2. The van der Waals surface area contributed by atoms with Gasteiger partial charge in [0.15, 0.2) is 0 Å². The smallest absolute Gasteiger partial charge is 0.292 e. The zero-order chi connectivity index (χ0) is 20.8. The van der Waals surface area contributed by atoms with Crippen molar-refractivity contribution in [1.29, 1.82) is 0 Å². The van der Waals surface area contributed by atoms with Crippen molar-refractivity contribution in [1.82, 2.24) is 4.90 Å². The number of hydrogen-bond donors (Lipinski definition) is 1. The Labute approximate surface area is 175 Å². The number of ether oxygens (including phenoxy) is 3. The summed E-state index contributed by atoms with van der Waals surface area (Å²) in [5, 5.41) is 3.39. The number of amides is 2. The van der Waals surface area contributed by atoms with Gasteiger partial charge in [0.1, 0.15) is 24.7 Å². The average Bonchev–Trinajstić information content (AvgIpc) is 2.72. The number of anilines is 1. The molecule has 1 aromatic carbocycles. The summed E-state index contributed by atoms with van der Waals surface area (Å²) in [5.41, 5.74) is 0.558. The predicted octanol–water partition coefficient (Wildman–Crippen LogP) is 3.58. The number of allylic oxidation sites excluding steroid dienone is 1. The van der Waals surface area contributed by atoms with Gasteiger partial charge < -0.3 is 24.4 Å². The van der Waals surface area contributed by atoms with E-state index in [1.165, 1.54) is 0 Å². The molecule has 0 bridgehead atoms. The Morgan fingerprint density at radius 2 is 2.10 bits per heavy atom.